The predicted octanol–water partition coefficient (Wildman–Crippen LogP) is 7.94. The standard InChI is InChI=1S/C37H41ClF5N9O3/c1-6-22(24-16-46-50(17-24)25-10-11-25)8-7-21(2)36(19-34(3,4)5)30(53)51(32(44)48-36)28(18-55-33(54)49-35(13-14-35)37(41,42)43)23-9-12-27(38)26(15-23)29-45-20-47-52(29)31(39)40/h6-9,12,15-17,20,25,28,31H,2,10-11,13-14,18-19H2,1,3-5H3,(H2,44,48)(H,49,54)/b8-7-,22-6+/t28-,36-/m1/s1. The lowest BCUT2D eigenvalue weighted by Crippen LogP contribution is -2.50. The number of halogens is 6. The van der Waals surface area contributed by atoms with E-state index >= 15 is 0 Å². The quantitative estimate of drug-likeness (QED) is 0.132. The minimum Gasteiger partial charge on any atom is -0.447 e. The highest BCUT2D eigenvalue weighted by Crippen LogP contribution is 2.49. The molecular formula is C37H41ClF5N9O3. The van der Waals surface area contributed by atoms with Crippen molar-refractivity contribution in [1.82, 2.24) is 34.8 Å². The lowest BCUT2D eigenvalue weighted by atomic mass is 9.75. The van der Waals surface area contributed by atoms with Gasteiger partial charge in [-0.2, -0.15) is 36.8 Å². The van der Waals surface area contributed by atoms with Crippen LogP contribution in [0.2, 0.25) is 5.02 Å². The first-order valence-electron chi connectivity index (χ1n) is 17.6. The Hall–Kier alpha value is -5.06. The second-order valence-electron chi connectivity index (χ2n) is 15.1. The second-order valence-corrected chi connectivity index (χ2v) is 15.6. The van der Waals surface area contributed by atoms with Gasteiger partial charge in [-0.3, -0.25) is 14.4 Å². The first-order valence-corrected chi connectivity index (χ1v) is 17.9. The molecular weight excluding hydrogens is 749 g/mol. The number of alkyl halides is 5. The van der Waals surface area contributed by atoms with Crippen LogP contribution < -0.4 is 11.1 Å². The van der Waals surface area contributed by atoms with Crippen LogP contribution >= 0.6 is 11.6 Å². The molecule has 2 amide bonds. The number of hydrogen-bond acceptors (Lipinski definition) is 8. The zero-order chi connectivity index (χ0) is 40.1. The summed E-state index contributed by atoms with van der Waals surface area (Å²) in [4.78, 5) is 37.5. The molecule has 0 bridgehead atoms. The predicted molar refractivity (Wildman–Crippen MR) is 195 cm³/mol. The minimum atomic E-state index is -4.72. The van der Waals surface area contributed by atoms with Gasteiger partial charge in [0.1, 0.15) is 18.5 Å². The molecule has 0 unspecified atom stereocenters. The van der Waals surface area contributed by atoms with Crippen LogP contribution in [0.5, 0.6) is 0 Å². The third-order valence-electron chi connectivity index (χ3n) is 9.77. The van der Waals surface area contributed by atoms with Crippen molar-refractivity contribution in [2.45, 2.75) is 95.7 Å². The number of alkyl carbamates (subject to hydrolysis) is 1. The number of carbonyl (C=O) groups is 2. The summed E-state index contributed by atoms with van der Waals surface area (Å²) in [6, 6.07) is 3.18. The summed E-state index contributed by atoms with van der Waals surface area (Å²) >= 11 is 6.45. The normalized spacial score (nSPS) is 20.6. The SMILES string of the molecule is C=C(/C=C\C(=C/C)c1cnn(C2CC2)c1)[C@@]1(CC(C)(C)C)N=C(N)N([C@H](COC(=O)NC2(C(F)(F)F)CC2)c2ccc(Cl)c(-c3ncnn3C(F)F)c2)C1=O. The molecule has 3 aromatic rings. The Labute approximate surface area is 318 Å². The average Bonchev–Trinajstić information content (AvgIpc) is 3.97. The van der Waals surface area contributed by atoms with E-state index in [2.05, 4.69) is 21.8 Å². The van der Waals surface area contributed by atoms with Gasteiger partial charge in [-0.1, -0.05) is 63.2 Å². The van der Waals surface area contributed by atoms with Crippen LogP contribution in [-0.2, 0) is 9.53 Å². The highest BCUT2D eigenvalue weighted by atomic mass is 35.5. The van der Waals surface area contributed by atoms with E-state index in [9.17, 15) is 31.5 Å². The summed E-state index contributed by atoms with van der Waals surface area (Å²) in [5, 5.41) is 9.93. The van der Waals surface area contributed by atoms with Crippen molar-refractivity contribution in [2.24, 2.45) is 16.1 Å². The Morgan fingerprint density at radius 2 is 1.89 bits per heavy atom. The molecule has 12 nitrogen and oxygen atoms in total. The van der Waals surface area contributed by atoms with Crippen LogP contribution in [0.3, 0.4) is 0 Å². The summed E-state index contributed by atoms with van der Waals surface area (Å²) in [7, 11) is 0. The topological polar surface area (TPSA) is 146 Å². The molecule has 2 aromatic heterocycles. The second kappa shape index (κ2) is 14.5. The van der Waals surface area contributed by atoms with Gasteiger partial charge < -0.3 is 15.8 Å². The lowest BCUT2D eigenvalue weighted by molar-refractivity contribution is -0.164. The zero-order valence-corrected chi connectivity index (χ0v) is 31.3. The monoisotopic (exact) mass is 789 g/mol. The number of nitrogens with one attached hydrogen (secondary N) is 1. The summed E-state index contributed by atoms with van der Waals surface area (Å²) in [5.41, 5.74) is 4.04. The molecule has 2 fully saturated rings. The summed E-state index contributed by atoms with van der Waals surface area (Å²) in [6.07, 6.45) is 5.48. The molecule has 0 spiro atoms. The summed E-state index contributed by atoms with van der Waals surface area (Å²) in [6.45, 7) is 8.04. The number of carbonyl (C=O) groups excluding carboxylic acids is 2. The fourth-order valence-corrected chi connectivity index (χ4v) is 6.84. The highest BCUT2D eigenvalue weighted by molar-refractivity contribution is 6.33. The number of aliphatic imine (C=N–C) groups is 1. The van der Waals surface area contributed by atoms with Crippen molar-refractivity contribution in [1.29, 1.82) is 0 Å². The van der Waals surface area contributed by atoms with Gasteiger partial charge in [0.2, 0.25) is 0 Å². The Morgan fingerprint density at radius 3 is 2.49 bits per heavy atom. The van der Waals surface area contributed by atoms with Crippen molar-refractivity contribution in [3.63, 3.8) is 0 Å². The molecule has 2 saturated carbocycles. The van der Waals surface area contributed by atoms with Crippen LogP contribution in [0.25, 0.3) is 17.0 Å². The molecule has 2 aliphatic carbocycles. The van der Waals surface area contributed by atoms with E-state index in [0.717, 1.165) is 35.2 Å². The number of amides is 2. The highest BCUT2D eigenvalue weighted by Gasteiger charge is 2.64. The minimum absolute atomic E-state index is 0.00523. The fourth-order valence-electron chi connectivity index (χ4n) is 6.64. The van der Waals surface area contributed by atoms with Gasteiger partial charge >= 0.3 is 18.8 Å². The number of aromatic nitrogens is 5. The average molecular weight is 790 g/mol. The van der Waals surface area contributed by atoms with Gasteiger partial charge in [-0.05, 0) is 73.3 Å². The van der Waals surface area contributed by atoms with Crippen molar-refractivity contribution in [3.05, 3.63) is 83.4 Å². The largest absolute Gasteiger partial charge is 0.447 e. The van der Waals surface area contributed by atoms with Gasteiger partial charge in [-0.25, -0.2) is 14.8 Å². The first kappa shape index (κ1) is 39.6. The number of benzene rings is 1. The Kier molecular flexibility index (Phi) is 10.5. The smallest absolute Gasteiger partial charge is 0.411 e. The summed E-state index contributed by atoms with van der Waals surface area (Å²) < 4.78 is 76.4. The molecule has 3 heterocycles. The van der Waals surface area contributed by atoms with Crippen LogP contribution in [0, 0.1) is 5.41 Å². The molecule has 0 saturated heterocycles. The number of guanidine groups is 1. The number of hydrogen-bond donors (Lipinski definition) is 2. The fraction of sp³-hybridized carbons (Fsp3) is 0.459. The van der Waals surface area contributed by atoms with Crippen molar-refractivity contribution in [3.8, 4) is 11.4 Å². The molecule has 1 aromatic carbocycles. The third-order valence-corrected chi connectivity index (χ3v) is 10.1. The maximum Gasteiger partial charge on any atom is 0.411 e. The van der Waals surface area contributed by atoms with Crippen LogP contribution in [0.15, 0.2) is 72.3 Å². The number of allylic oxidation sites excluding steroid dienone is 3. The van der Waals surface area contributed by atoms with E-state index < -0.39 is 53.9 Å². The number of nitrogens with two attached hydrogens (primary N) is 1. The van der Waals surface area contributed by atoms with Gasteiger partial charge in [0.05, 0.1) is 23.3 Å². The number of ether oxygens (including phenoxy) is 1. The third kappa shape index (κ3) is 8.02. The number of nitrogens with zero attached hydrogens (tertiary/aromatic N) is 7. The maximum atomic E-state index is 14.9. The van der Waals surface area contributed by atoms with Gasteiger partial charge in [0.15, 0.2) is 17.3 Å². The number of rotatable bonds is 13. The van der Waals surface area contributed by atoms with E-state index in [0.29, 0.717) is 10.7 Å². The van der Waals surface area contributed by atoms with Crippen LogP contribution in [0.1, 0.15) is 89.6 Å². The van der Waals surface area contributed by atoms with Crippen LogP contribution in [0.4, 0.5) is 26.7 Å². The van der Waals surface area contributed by atoms with Gasteiger partial charge in [0.25, 0.3) is 5.91 Å². The molecule has 294 valence electrons. The van der Waals surface area contributed by atoms with Gasteiger partial charge in [0, 0.05) is 17.3 Å². The van der Waals surface area contributed by atoms with Crippen molar-refractivity contribution < 1.29 is 36.3 Å². The van der Waals surface area contributed by atoms with E-state index in [1.165, 1.54) is 18.2 Å². The van der Waals surface area contributed by atoms with E-state index in [1.807, 2.05) is 50.0 Å². The molecule has 1 aliphatic heterocycles. The Bertz CT molecular complexity index is 2070. The molecule has 3 aliphatic rings. The van der Waals surface area contributed by atoms with E-state index in [-0.39, 0.29) is 52.8 Å². The Morgan fingerprint density at radius 1 is 1.18 bits per heavy atom. The molecule has 2 atom stereocenters. The van der Waals surface area contributed by atoms with E-state index in [1.54, 1.807) is 18.3 Å². The zero-order valence-electron chi connectivity index (χ0n) is 30.6. The van der Waals surface area contributed by atoms with Crippen molar-refractivity contribution >= 4 is 35.1 Å². The molecule has 6 rings (SSSR count). The Balaban J connectivity index is 1.37. The molecule has 18 heteroatoms. The van der Waals surface area contributed by atoms with E-state index in [4.69, 9.17) is 27.1 Å². The first-order chi connectivity index (χ1) is 25.8. The molecule has 55 heavy (non-hydrogen) atoms. The van der Waals surface area contributed by atoms with Crippen LogP contribution in [-0.4, -0.2) is 71.3 Å². The lowest BCUT2D eigenvalue weighted by Gasteiger charge is -2.35. The molecule has 3 N–H and O–H groups in total. The summed E-state index contributed by atoms with van der Waals surface area (Å²) in [5.74, 6) is -1.26. The molecule has 0 radical (unpaired) electrons. The van der Waals surface area contributed by atoms with Crippen molar-refractivity contribution in [2.75, 3.05) is 6.61 Å². The maximum absolute atomic E-state index is 14.9. The van der Waals surface area contributed by atoms with Gasteiger partial charge in [-0.15, -0.1) is 0 Å².